The number of hydrogen-bond donors (Lipinski definition) is 1. The van der Waals surface area contributed by atoms with Gasteiger partial charge in [-0.3, -0.25) is 0 Å². The van der Waals surface area contributed by atoms with Gasteiger partial charge in [0, 0.05) is 24.5 Å². The normalized spacial score (nSPS) is 31.7. The lowest BCUT2D eigenvalue weighted by Crippen LogP contribution is -2.32. The highest BCUT2D eigenvalue weighted by Gasteiger charge is 2.28. The van der Waals surface area contributed by atoms with E-state index in [2.05, 4.69) is 22.4 Å². The van der Waals surface area contributed by atoms with Gasteiger partial charge in [-0.1, -0.05) is 12.1 Å². The third-order valence-electron chi connectivity index (χ3n) is 4.32. The first kappa shape index (κ1) is 13.1. The minimum Gasteiger partial charge on any atom is -0.381 e. The summed E-state index contributed by atoms with van der Waals surface area (Å²) in [5, 5.41) is 7.67. The van der Waals surface area contributed by atoms with E-state index in [1.165, 1.54) is 12.8 Å². The molecule has 0 aromatic carbocycles. The Balaban J connectivity index is 1.58. The molecule has 1 aliphatic carbocycles. The molecule has 1 aliphatic heterocycles. The van der Waals surface area contributed by atoms with Gasteiger partial charge in [-0.25, -0.2) is 0 Å². The Morgan fingerprint density at radius 3 is 2.68 bits per heavy atom. The fraction of sp³-hybridized carbons (Fsp3) is 0.857. The number of nitrogens with zero attached hydrogens (tertiary/aromatic N) is 2. The maximum Gasteiger partial charge on any atom is 0.229 e. The number of rotatable bonds is 4. The highest BCUT2D eigenvalue weighted by atomic mass is 16.5. The van der Waals surface area contributed by atoms with Crippen molar-refractivity contribution in [3.05, 3.63) is 11.7 Å². The summed E-state index contributed by atoms with van der Waals surface area (Å²) >= 11 is 0. The highest BCUT2D eigenvalue weighted by molar-refractivity contribution is 5.02. The Hall–Kier alpha value is -0.940. The minimum atomic E-state index is 0.343. The van der Waals surface area contributed by atoms with Crippen molar-refractivity contribution in [1.29, 1.82) is 0 Å². The second-order valence-electron chi connectivity index (χ2n) is 5.66. The van der Waals surface area contributed by atoms with Gasteiger partial charge in [0.2, 0.25) is 5.89 Å². The molecule has 1 saturated carbocycles. The van der Waals surface area contributed by atoms with Crippen molar-refractivity contribution in [3.63, 3.8) is 0 Å². The summed E-state index contributed by atoms with van der Waals surface area (Å²) in [6.45, 7) is 4.79. The van der Waals surface area contributed by atoms with E-state index >= 15 is 0 Å². The second kappa shape index (κ2) is 6.01. The maximum absolute atomic E-state index is 5.47. The van der Waals surface area contributed by atoms with E-state index in [0.29, 0.717) is 17.9 Å². The van der Waals surface area contributed by atoms with Crippen LogP contribution in [-0.2, 0) is 4.74 Å². The minimum absolute atomic E-state index is 0.343. The largest absolute Gasteiger partial charge is 0.381 e. The molecule has 2 fully saturated rings. The average molecular weight is 265 g/mol. The number of ether oxygens (including phenoxy) is 1. The lowest BCUT2D eigenvalue weighted by Gasteiger charge is -2.26. The van der Waals surface area contributed by atoms with E-state index in [9.17, 15) is 0 Å². The monoisotopic (exact) mass is 265 g/mol. The molecule has 1 atom stereocenters. The van der Waals surface area contributed by atoms with Crippen molar-refractivity contribution >= 4 is 0 Å². The Morgan fingerprint density at radius 2 is 2.00 bits per heavy atom. The molecule has 2 heterocycles. The van der Waals surface area contributed by atoms with Crippen molar-refractivity contribution in [2.24, 2.45) is 0 Å². The van der Waals surface area contributed by atoms with Gasteiger partial charge in [0.15, 0.2) is 5.82 Å². The first-order chi connectivity index (χ1) is 9.36. The SMILES string of the molecule is CCNC1CCC(c2nc(C3CCOC3)no2)CC1. The molecule has 0 spiro atoms. The van der Waals surface area contributed by atoms with Crippen molar-refractivity contribution in [2.75, 3.05) is 19.8 Å². The van der Waals surface area contributed by atoms with E-state index in [1.54, 1.807) is 0 Å². The van der Waals surface area contributed by atoms with E-state index < -0.39 is 0 Å². The van der Waals surface area contributed by atoms with Gasteiger partial charge in [0.05, 0.1) is 6.61 Å². The smallest absolute Gasteiger partial charge is 0.229 e. The first-order valence-corrected chi connectivity index (χ1v) is 7.51. The Morgan fingerprint density at radius 1 is 1.16 bits per heavy atom. The second-order valence-corrected chi connectivity index (χ2v) is 5.66. The summed E-state index contributed by atoms with van der Waals surface area (Å²) in [4.78, 5) is 4.61. The predicted octanol–water partition coefficient (Wildman–Crippen LogP) is 2.21. The van der Waals surface area contributed by atoms with Crippen LogP contribution >= 0.6 is 0 Å². The molecule has 5 nitrogen and oxygen atoms in total. The molecule has 1 aromatic heterocycles. The fourth-order valence-corrected chi connectivity index (χ4v) is 3.15. The van der Waals surface area contributed by atoms with E-state index in [-0.39, 0.29) is 0 Å². The molecule has 2 aliphatic rings. The molecular weight excluding hydrogens is 242 g/mol. The van der Waals surface area contributed by atoms with E-state index in [1.807, 2.05) is 0 Å². The maximum atomic E-state index is 5.47. The summed E-state index contributed by atoms with van der Waals surface area (Å²) in [6, 6.07) is 0.673. The molecule has 0 amide bonds. The molecule has 0 bridgehead atoms. The van der Waals surface area contributed by atoms with Crippen molar-refractivity contribution < 1.29 is 9.26 Å². The van der Waals surface area contributed by atoms with Crippen molar-refractivity contribution in [2.45, 2.75) is 56.9 Å². The third kappa shape index (κ3) is 2.98. The van der Waals surface area contributed by atoms with Crippen LogP contribution in [0, 0.1) is 0 Å². The van der Waals surface area contributed by atoms with E-state index in [4.69, 9.17) is 9.26 Å². The van der Waals surface area contributed by atoms with Gasteiger partial charge in [0.25, 0.3) is 0 Å². The number of hydrogen-bond acceptors (Lipinski definition) is 5. The Kier molecular flexibility index (Phi) is 4.13. The predicted molar refractivity (Wildman–Crippen MR) is 71.1 cm³/mol. The van der Waals surface area contributed by atoms with Gasteiger partial charge in [0.1, 0.15) is 0 Å². The Bertz CT molecular complexity index is 393. The van der Waals surface area contributed by atoms with Crippen LogP contribution in [-0.4, -0.2) is 35.9 Å². The van der Waals surface area contributed by atoms with Gasteiger partial charge < -0.3 is 14.6 Å². The van der Waals surface area contributed by atoms with Crippen LogP contribution in [0.25, 0.3) is 0 Å². The lowest BCUT2D eigenvalue weighted by atomic mass is 9.86. The fourth-order valence-electron chi connectivity index (χ4n) is 3.15. The number of nitrogens with one attached hydrogen (secondary N) is 1. The molecule has 3 rings (SSSR count). The highest BCUT2D eigenvalue weighted by Crippen LogP contribution is 2.33. The summed E-state index contributed by atoms with van der Waals surface area (Å²) in [7, 11) is 0. The third-order valence-corrected chi connectivity index (χ3v) is 4.32. The van der Waals surface area contributed by atoms with Crippen LogP contribution in [0.2, 0.25) is 0 Å². The van der Waals surface area contributed by atoms with Crippen molar-refractivity contribution in [3.8, 4) is 0 Å². The van der Waals surface area contributed by atoms with Crippen LogP contribution in [0.4, 0.5) is 0 Å². The van der Waals surface area contributed by atoms with Gasteiger partial charge in [-0.05, 0) is 38.6 Å². The molecule has 0 radical (unpaired) electrons. The molecule has 19 heavy (non-hydrogen) atoms. The zero-order valence-electron chi connectivity index (χ0n) is 11.6. The quantitative estimate of drug-likeness (QED) is 0.904. The summed E-state index contributed by atoms with van der Waals surface area (Å²) in [5.41, 5.74) is 0. The van der Waals surface area contributed by atoms with Gasteiger partial charge in [-0.2, -0.15) is 4.98 Å². The molecule has 5 heteroatoms. The molecule has 1 N–H and O–H groups in total. The van der Waals surface area contributed by atoms with Crippen LogP contribution in [0.1, 0.15) is 62.6 Å². The van der Waals surface area contributed by atoms with Gasteiger partial charge >= 0.3 is 0 Å². The van der Waals surface area contributed by atoms with Crippen LogP contribution < -0.4 is 5.32 Å². The molecule has 1 saturated heterocycles. The lowest BCUT2D eigenvalue weighted by molar-refractivity contribution is 0.192. The van der Waals surface area contributed by atoms with Gasteiger partial charge in [-0.15, -0.1) is 0 Å². The molecule has 1 unspecified atom stereocenters. The standard InChI is InChI=1S/C14H23N3O2/c1-2-15-12-5-3-10(4-6-12)14-16-13(17-19-14)11-7-8-18-9-11/h10-12,15H,2-9H2,1H3. The van der Waals surface area contributed by atoms with Crippen LogP contribution in [0.3, 0.4) is 0 Å². The average Bonchev–Trinajstić information content (AvgIpc) is 3.11. The topological polar surface area (TPSA) is 60.2 Å². The molecular formula is C14H23N3O2. The first-order valence-electron chi connectivity index (χ1n) is 7.51. The van der Waals surface area contributed by atoms with Crippen molar-refractivity contribution in [1.82, 2.24) is 15.5 Å². The zero-order chi connectivity index (χ0) is 13.1. The molecule has 1 aromatic rings. The zero-order valence-corrected chi connectivity index (χ0v) is 11.6. The van der Waals surface area contributed by atoms with Crippen LogP contribution in [0.5, 0.6) is 0 Å². The van der Waals surface area contributed by atoms with Crippen LogP contribution in [0.15, 0.2) is 4.52 Å². The number of aromatic nitrogens is 2. The Labute approximate surface area is 114 Å². The summed E-state index contributed by atoms with van der Waals surface area (Å²) < 4.78 is 10.9. The van der Waals surface area contributed by atoms with E-state index in [0.717, 1.165) is 50.7 Å². The summed E-state index contributed by atoms with van der Waals surface area (Å²) in [6.07, 6.45) is 5.75. The molecule has 106 valence electrons. The summed E-state index contributed by atoms with van der Waals surface area (Å²) in [5.74, 6) is 2.49.